The third kappa shape index (κ3) is 4.02. The first-order valence-electron chi connectivity index (χ1n) is 7.33. The van der Waals surface area contributed by atoms with Crippen molar-refractivity contribution in [1.29, 1.82) is 0 Å². The molecule has 1 unspecified atom stereocenters. The molecule has 106 valence electrons. The van der Waals surface area contributed by atoms with Crippen LogP contribution in [0.25, 0.3) is 0 Å². The summed E-state index contributed by atoms with van der Waals surface area (Å²) >= 11 is 0. The third-order valence-electron chi connectivity index (χ3n) is 3.84. The SMILES string of the molecule is CC(C)CCN(C1CC1)C(CN)c1cccc(F)c1. The summed E-state index contributed by atoms with van der Waals surface area (Å²) in [5, 5.41) is 0. The Labute approximate surface area is 115 Å². The van der Waals surface area contributed by atoms with Crippen molar-refractivity contribution in [3.05, 3.63) is 35.6 Å². The minimum absolute atomic E-state index is 0.155. The zero-order valence-corrected chi connectivity index (χ0v) is 12.0. The first-order chi connectivity index (χ1) is 9.11. The maximum absolute atomic E-state index is 13.4. The molecule has 3 heteroatoms. The van der Waals surface area contributed by atoms with Gasteiger partial charge in [-0.05, 0) is 49.4 Å². The molecule has 0 heterocycles. The lowest BCUT2D eigenvalue weighted by atomic mass is 10.0. The molecule has 1 aliphatic carbocycles. The van der Waals surface area contributed by atoms with Gasteiger partial charge in [-0.3, -0.25) is 4.90 Å². The lowest BCUT2D eigenvalue weighted by molar-refractivity contribution is 0.180. The minimum atomic E-state index is -0.171. The van der Waals surface area contributed by atoms with Crippen LogP contribution in [0.5, 0.6) is 0 Å². The third-order valence-corrected chi connectivity index (χ3v) is 3.84. The molecular weight excluding hydrogens is 239 g/mol. The second-order valence-electron chi connectivity index (χ2n) is 5.96. The van der Waals surface area contributed by atoms with Gasteiger partial charge in [-0.1, -0.05) is 26.0 Å². The molecule has 1 atom stereocenters. The number of halogens is 1. The standard InChI is InChI=1S/C16H25FN2/c1-12(2)8-9-19(15-6-7-15)16(11-18)13-4-3-5-14(17)10-13/h3-5,10,12,15-16H,6-9,11,18H2,1-2H3. The van der Waals surface area contributed by atoms with Crippen molar-refractivity contribution in [2.45, 2.75) is 45.2 Å². The fourth-order valence-corrected chi connectivity index (χ4v) is 2.58. The van der Waals surface area contributed by atoms with Gasteiger partial charge in [0.05, 0.1) is 0 Å². The van der Waals surface area contributed by atoms with Crippen molar-refractivity contribution < 1.29 is 4.39 Å². The van der Waals surface area contributed by atoms with Gasteiger partial charge in [0.2, 0.25) is 0 Å². The molecule has 0 spiro atoms. The lowest BCUT2D eigenvalue weighted by Crippen LogP contribution is -2.36. The Balaban J connectivity index is 2.12. The van der Waals surface area contributed by atoms with E-state index in [0.717, 1.165) is 12.1 Å². The first-order valence-corrected chi connectivity index (χ1v) is 7.33. The van der Waals surface area contributed by atoms with E-state index in [1.54, 1.807) is 12.1 Å². The average Bonchev–Trinajstić information content (AvgIpc) is 3.18. The van der Waals surface area contributed by atoms with Crippen LogP contribution >= 0.6 is 0 Å². The van der Waals surface area contributed by atoms with Crippen LogP contribution in [0.3, 0.4) is 0 Å². The van der Waals surface area contributed by atoms with E-state index in [-0.39, 0.29) is 11.9 Å². The molecule has 0 aromatic heterocycles. The van der Waals surface area contributed by atoms with Crippen LogP contribution in [0, 0.1) is 11.7 Å². The highest BCUT2D eigenvalue weighted by Crippen LogP contribution is 2.34. The topological polar surface area (TPSA) is 29.3 Å². The van der Waals surface area contributed by atoms with Crippen LogP contribution in [-0.4, -0.2) is 24.0 Å². The number of hydrogen-bond donors (Lipinski definition) is 1. The normalized spacial score (nSPS) is 17.2. The van der Waals surface area contributed by atoms with Gasteiger partial charge in [-0.15, -0.1) is 0 Å². The van der Waals surface area contributed by atoms with Crippen molar-refractivity contribution in [3.8, 4) is 0 Å². The van der Waals surface area contributed by atoms with E-state index in [2.05, 4.69) is 18.7 Å². The summed E-state index contributed by atoms with van der Waals surface area (Å²) in [7, 11) is 0. The Morgan fingerprint density at radius 3 is 2.63 bits per heavy atom. The second kappa shape index (κ2) is 6.49. The number of benzene rings is 1. The Morgan fingerprint density at radius 2 is 2.11 bits per heavy atom. The second-order valence-corrected chi connectivity index (χ2v) is 5.96. The van der Waals surface area contributed by atoms with Crippen molar-refractivity contribution in [1.82, 2.24) is 4.90 Å². The van der Waals surface area contributed by atoms with Crippen molar-refractivity contribution in [3.63, 3.8) is 0 Å². The Hall–Kier alpha value is -0.930. The molecule has 1 aromatic carbocycles. The number of nitrogens with zero attached hydrogens (tertiary/aromatic N) is 1. The molecule has 0 aliphatic heterocycles. The van der Waals surface area contributed by atoms with E-state index in [4.69, 9.17) is 5.73 Å². The Bertz CT molecular complexity index is 401. The molecule has 0 amide bonds. The summed E-state index contributed by atoms with van der Waals surface area (Å²) in [6.07, 6.45) is 3.68. The Morgan fingerprint density at radius 1 is 1.37 bits per heavy atom. The van der Waals surface area contributed by atoms with Crippen LogP contribution in [0.1, 0.15) is 44.7 Å². The molecule has 2 nitrogen and oxygen atoms in total. The van der Waals surface area contributed by atoms with Crippen molar-refractivity contribution in [2.75, 3.05) is 13.1 Å². The zero-order chi connectivity index (χ0) is 13.8. The Kier molecular flexibility index (Phi) is 4.94. The monoisotopic (exact) mass is 264 g/mol. The summed E-state index contributed by atoms with van der Waals surface area (Å²) in [4.78, 5) is 2.48. The lowest BCUT2D eigenvalue weighted by Gasteiger charge is -2.32. The zero-order valence-electron chi connectivity index (χ0n) is 12.0. The highest BCUT2D eigenvalue weighted by atomic mass is 19.1. The van der Waals surface area contributed by atoms with E-state index < -0.39 is 0 Å². The quantitative estimate of drug-likeness (QED) is 0.818. The van der Waals surface area contributed by atoms with E-state index in [0.29, 0.717) is 18.5 Å². The molecule has 0 saturated heterocycles. The molecule has 1 aromatic rings. The molecule has 1 saturated carbocycles. The highest BCUT2D eigenvalue weighted by molar-refractivity contribution is 5.21. The van der Waals surface area contributed by atoms with Crippen LogP contribution in [-0.2, 0) is 0 Å². The summed E-state index contributed by atoms with van der Waals surface area (Å²) < 4.78 is 13.4. The molecule has 0 bridgehead atoms. The summed E-state index contributed by atoms with van der Waals surface area (Å²) in [6, 6.07) is 7.69. The van der Waals surface area contributed by atoms with Crippen LogP contribution in [0.4, 0.5) is 4.39 Å². The molecule has 1 fully saturated rings. The van der Waals surface area contributed by atoms with Gasteiger partial charge in [-0.25, -0.2) is 4.39 Å². The smallest absolute Gasteiger partial charge is 0.123 e. The van der Waals surface area contributed by atoms with Gasteiger partial charge >= 0.3 is 0 Å². The fraction of sp³-hybridized carbons (Fsp3) is 0.625. The molecule has 2 rings (SSSR count). The predicted molar refractivity (Wildman–Crippen MR) is 77.4 cm³/mol. The molecular formula is C16H25FN2. The molecule has 19 heavy (non-hydrogen) atoms. The molecule has 2 N–H and O–H groups in total. The largest absolute Gasteiger partial charge is 0.329 e. The van der Waals surface area contributed by atoms with Crippen LogP contribution in [0.15, 0.2) is 24.3 Å². The predicted octanol–water partition coefficient (Wildman–Crippen LogP) is 3.34. The van der Waals surface area contributed by atoms with Crippen LogP contribution in [0.2, 0.25) is 0 Å². The maximum atomic E-state index is 13.4. The van der Waals surface area contributed by atoms with Gasteiger partial charge in [0.15, 0.2) is 0 Å². The summed E-state index contributed by atoms with van der Waals surface area (Å²) in [5.74, 6) is 0.516. The van der Waals surface area contributed by atoms with Gasteiger partial charge in [0, 0.05) is 18.6 Å². The van der Waals surface area contributed by atoms with Gasteiger partial charge in [0.25, 0.3) is 0 Å². The summed E-state index contributed by atoms with van der Waals surface area (Å²) in [5.41, 5.74) is 6.98. The van der Waals surface area contributed by atoms with Crippen LogP contribution < -0.4 is 5.73 Å². The van der Waals surface area contributed by atoms with E-state index in [1.807, 2.05) is 6.07 Å². The average molecular weight is 264 g/mol. The van der Waals surface area contributed by atoms with E-state index in [9.17, 15) is 4.39 Å². The van der Waals surface area contributed by atoms with E-state index >= 15 is 0 Å². The van der Waals surface area contributed by atoms with Crippen molar-refractivity contribution >= 4 is 0 Å². The van der Waals surface area contributed by atoms with Crippen molar-refractivity contribution in [2.24, 2.45) is 11.7 Å². The highest BCUT2D eigenvalue weighted by Gasteiger charge is 2.33. The first kappa shape index (κ1) is 14.5. The summed E-state index contributed by atoms with van der Waals surface area (Å²) in [6.45, 7) is 6.09. The van der Waals surface area contributed by atoms with Gasteiger partial charge < -0.3 is 5.73 Å². The minimum Gasteiger partial charge on any atom is -0.329 e. The number of nitrogens with two attached hydrogens (primary N) is 1. The maximum Gasteiger partial charge on any atom is 0.123 e. The van der Waals surface area contributed by atoms with Gasteiger partial charge in [-0.2, -0.15) is 0 Å². The fourth-order valence-electron chi connectivity index (χ4n) is 2.58. The van der Waals surface area contributed by atoms with E-state index in [1.165, 1.54) is 25.3 Å². The molecule has 0 radical (unpaired) electrons. The molecule has 1 aliphatic rings. The van der Waals surface area contributed by atoms with Gasteiger partial charge in [0.1, 0.15) is 5.82 Å². The number of hydrogen-bond acceptors (Lipinski definition) is 2. The number of rotatable bonds is 7.